The highest BCUT2D eigenvalue weighted by Gasteiger charge is 2.41. The van der Waals surface area contributed by atoms with Crippen LogP contribution >= 0.6 is 0 Å². The van der Waals surface area contributed by atoms with E-state index in [1.165, 1.54) is 51.6 Å². The predicted molar refractivity (Wildman–Crippen MR) is 115 cm³/mol. The number of likely N-dealkylation sites (N-methyl/N-ethyl adjacent to an activating group) is 2. The number of quaternary nitrogens is 2. The standard InChI is InChI=1S/C24H40N2O3.2HI/c1-25(14-8-4-9-15-25)18-19-28-20-21-29-24(27)23(22-12-6-3-7-13-22)26(2)16-10-5-11-17-26;;/h3,6-7,12-13,23H,4-5,8-11,14-21H2,1-2H3;2*1H/q+2;;/p-2. The molecule has 0 N–H and O–H groups in total. The van der Waals surface area contributed by atoms with Crippen LogP contribution in [0.25, 0.3) is 0 Å². The minimum Gasteiger partial charge on any atom is -1.00 e. The summed E-state index contributed by atoms with van der Waals surface area (Å²) < 4.78 is 13.4. The summed E-state index contributed by atoms with van der Waals surface area (Å²) in [6.45, 7) is 7.19. The number of benzene rings is 1. The fraction of sp³-hybridized carbons (Fsp3) is 0.708. The molecule has 7 heteroatoms. The van der Waals surface area contributed by atoms with E-state index in [9.17, 15) is 4.79 Å². The van der Waals surface area contributed by atoms with Crippen molar-refractivity contribution in [3.05, 3.63) is 35.9 Å². The van der Waals surface area contributed by atoms with Crippen molar-refractivity contribution in [2.75, 3.05) is 66.6 Å². The molecule has 178 valence electrons. The zero-order chi connectivity index (χ0) is 20.6. The Kier molecular flexibility index (Phi) is 13.4. The van der Waals surface area contributed by atoms with Crippen molar-refractivity contribution >= 4 is 5.97 Å². The maximum atomic E-state index is 13.1. The molecule has 31 heavy (non-hydrogen) atoms. The van der Waals surface area contributed by atoms with Crippen LogP contribution in [-0.2, 0) is 14.3 Å². The van der Waals surface area contributed by atoms with E-state index in [0.29, 0.717) is 13.2 Å². The van der Waals surface area contributed by atoms with Crippen molar-refractivity contribution in [3.8, 4) is 0 Å². The third-order valence-electron chi connectivity index (χ3n) is 6.94. The van der Waals surface area contributed by atoms with Crippen molar-refractivity contribution in [2.45, 2.75) is 44.6 Å². The third-order valence-corrected chi connectivity index (χ3v) is 6.94. The molecule has 1 atom stereocenters. The lowest BCUT2D eigenvalue weighted by molar-refractivity contribution is -0.935. The summed E-state index contributed by atoms with van der Waals surface area (Å²) in [7, 11) is 4.53. The monoisotopic (exact) mass is 658 g/mol. The molecule has 0 amide bonds. The van der Waals surface area contributed by atoms with Gasteiger partial charge in [-0.25, -0.2) is 4.79 Å². The number of carbonyl (C=O) groups excluding carboxylic acids is 1. The van der Waals surface area contributed by atoms with Gasteiger partial charge in [-0.15, -0.1) is 0 Å². The summed E-state index contributed by atoms with van der Waals surface area (Å²) in [5.74, 6) is -0.112. The molecular weight excluding hydrogens is 618 g/mol. The van der Waals surface area contributed by atoms with Crippen molar-refractivity contribution in [2.24, 2.45) is 0 Å². The topological polar surface area (TPSA) is 35.5 Å². The fourth-order valence-electron chi connectivity index (χ4n) is 5.04. The van der Waals surface area contributed by atoms with Gasteiger partial charge < -0.3 is 66.4 Å². The van der Waals surface area contributed by atoms with Gasteiger partial charge in [0.05, 0.1) is 53.5 Å². The summed E-state index contributed by atoms with van der Waals surface area (Å²) in [4.78, 5) is 13.1. The molecular formula is C24H40I2N2O3. The minimum atomic E-state index is -0.241. The number of hydrogen-bond acceptors (Lipinski definition) is 3. The molecule has 2 aliphatic heterocycles. The Morgan fingerprint density at radius 1 is 0.839 bits per heavy atom. The Bertz CT molecular complexity index is 633. The molecule has 3 rings (SSSR count). The number of ether oxygens (including phenoxy) is 2. The molecule has 2 aliphatic rings. The fourth-order valence-corrected chi connectivity index (χ4v) is 5.04. The van der Waals surface area contributed by atoms with Gasteiger partial charge in [0.15, 0.2) is 0 Å². The second-order valence-electron chi connectivity index (χ2n) is 9.43. The molecule has 0 aliphatic carbocycles. The van der Waals surface area contributed by atoms with Crippen LogP contribution in [0.15, 0.2) is 30.3 Å². The average Bonchev–Trinajstić information content (AvgIpc) is 2.72. The first-order chi connectivity index (χ1) is 14.0. The number of nitrogens with zero attached hydrogens (tertiary/aromatic N) is 2. The maximum Gasteiger partial charge on any atom is 0.370 e. The summed E-state index contributed by atoms with van der Waals surface area (Å²) in [5.41, 5.74) is 1.06. The first kappa shape index (κ1) is 29.1. The lowest BCUT2D eigenvalue weighted by atomic mass is 9.98. The Labute approximate surface area is 223 Å². The van der Waals surface area contributed by atoms with Crippen LogP contribution in [0.2, 0.25) is 0 Å². The molecule has 2 fully saturated rings. The summed E-state index contributed by atoms with van der Waals surface area (Å²) in [6, 6.07) is 9.90. The lowest BCUT2D eigenvalue weighted by Crippen LogP contribution is -3.00. The maximum absolute atomic E-state index is 13.1. The van der Waals surface area contributed by atoms with E-state index in [1.807, 2.05) is 18.2 Å². The number of likely N-dealkylation sites (tertiary alicyclic amines) is 2. The van der Waals surface area contributed by atoms with Gasteiger partial charge in [-0.3, -0.25) is 0 Å². The molecule has 1 aromatic rings. The number of esters is 1. The molecule has 0 aromatic heterocycles. The summed E-state index contributed by atoms with van der Waals surface area (Å²) in [5, 5.41) is 0. The van der Waals surface area contributed by atoms with Gasteiger partial charge >= 0.3 is 5.97 Å². The van der Waals surface area contributed by atoms with Crippen molar-refractivity contribution < 1.29 is 71.2 Å². The molecule has 0 saturated carbocycles. The SMILES string of the molecule is C[N+]1(CCOCCOC(=O)C(c2ccccc2)[N+]2(C)CCCCC2)CCCCC1.[I-].[I-]. The summed E-state index contributed by atoms with van der Waals surface area (Å²) >= 11 is 0. The van der Waals surface area contributed by atoms with Crippen LogP contribution in [0.3, 0.4) is 0 Å². The van der Waals surface area contributed by atoms with Crippen LogP contribution in [0.1, 0.15) is 50.1 Å². The second-order valence-corrected chi connectivity index (χ2v) is 9.43. The van der Waals surface area contributed by atoms with Gasteiger partial charge in [-0.05, 0) is 38.5 Å². The van der Waals surface area contributed by atoms with Gasteiger partial charge in [0.2, 0.25) is 6.04 Å². The van der Waals surface area contributed by atoms with Gasteiger partial charge in [0, 0.05) is 5.56 Å². The van der Waals surface area contributed by atoms with Crippen molar-refractivity contribution in [1.82, 2.24) is 0 Å². The Morgan fingerprint density at radius 3 is 2.03 bits per heavy atom. The van der Waals surface area contributed by atoms with E-state index in [4.69, 9.17) is 9.47 Å². The normalized spacial score (nSPS) is 20.6. The van der Waals surface area contributed by atoms with Gasteiger partial charge in [0.25, 0.3) is 0 Å². The Hall–Kier alpha value is 0.0300. The zero-order valence-electron chi connectivity index (χ0n) is 19.2. The van der Waals surface area contributed by atoms with Crippen LogP contribution < -0.4 is 48.0 Å². The first-order valence-electron chi connectivity index (χ1n) is 11.5. The highest BCUT2D eigenvalue weighted by molar-refractivity contribution is 5.76. The predicted octanol–water partition coefficient (Wildman–Crippen LogP) is -2.44. The summed E-state index contributed by atoms with van der Waals surface area (Å²) in [6.07, 6.45) is 7.62. The van der Waals surface area contributed by atoms with E-state index < -0.39 is 0 Å². The van der Waals surface area contributed by atoms with Gasteiger partial charge in [-0.1, -0.05) is 30.3 Å². The molecule has 1 aromatic carbocycles. The first-order valence-corrected chi connectivity index (χ1v) is 11.5. The van der Waals surface area contributed by atoms with Gasteiger partial charge in [-0.2, -0.15) is 0 Å². The largest absolute Gasteiger partial charge is 1.00 e. The van der Waals surface area contributed by atoms with Crippen LogP contribution in [-0.4, -0.2) is 81.6 Å². The van der Waals surface area contributed by atoms with Crippen LogP contribution in [0.4, 0.5) is 0 Å². The lowest BCUT2D eigenvalue weighted by Gasteiger charge is -2.42. The molecule has 5 nitrogen and oxygen atoms in total. The van der Waals surface area contributed by atoms with Crippen molar-refractivity contribution in [1.29, 1.82) is 0 Å². The number of hydrogen-bond donors (Lipinski definition) is 0. The van der Waals surface area contributed by atoms with E-state index in [0.717, 1.165) is 40.8 Å². The Balaban J connectivity index is 0.00000240. The van der Waals surface area contributed by atoms with Crippen LogP contribution in [0, 0.1) is 0 Å². The smallest absolute Gasteiger partial charge is 0.370 e. The third kappa shape index (κ3) is 8.72. The molecule has 0 bridgehead atoms. The van der Waals surface area contributed by atoms with Crippen molar-refractivity contribution in [3.63, 3.8) is 0 Å². The Morgan fingerprint density at radius 2 is 1.42 bits per heavy atom. The molecule has 0 radical (unpaired) electrons. The number of piperidine rings is 2. The molecule has 1 unspecified atom stereocenters. The van der Waals surface area contributed by atoms with E-state index in [2.05, 4.69) is 26.2 Å². The highest BCUT2D eigenvalue weighted by atomic mass is 127. The highest BCUT2D eigenvalue weighted by Crippen LogP contribution is 2.32. The molecule has 0 spiro atoms. The quantitative estimate of drug-likeness (QED) is 0.128. The number of rotatable bonds is 9. The van der Waals surface area contributed by atoms with Crippen LogP contribution in [0.5, 0.6) is 0 Å². The second kappa shape index (κ2) is 14.3. The van der Waals surface area contributed by atoms with E-state index in [-0.39, 0.29) is 60.0 Å². The zero-order valence-corrected chi connectivity index (χ0v) is 23.6. The molecule has 2 saturated heterocycles. The molecule has 2 heterocycles. The van der Waals surface area contributed by atoms with E-state index in [1.54, 1.807) is 0 Å². The number of halogens is 2. The van der Waals surface area contributed by atoms with Gasteiger partial charge in [0.1, 0.15) is 13.2 Å². The minimum absolute atomic E-state index is 0. The average molecular weight is 658 g/mol. The number of carbonyl (C=O) groups is 1. The van der Waals surface area contributed by atoms with E-state index >= 15 is 0 Å².